The van der Waals surface area contributed by atoms with Gasteiger partial charge in [0, 0.05) is 0 Å². The molecule has 3 nitrogen and oxygen atoms in total. The molecule has 0 spiro atoms. The van der Waals surface area contributed by atoms with E-state index >= 15 is 0 Å². The van der Waals surface area contributed by atoms with Crippen molar-refractivity contribution in [3.05, 3.63) is 35.6 Å². The first-order chi connectivity index (χ1) is 8.62. The number of nitrogens with two attached hydrogens (primary N) is 1. The van der Waals surface area contributed by atoms with Crippen LogP contribution in [0.3, 0.4) is 0 Å². The largest absolute Gasteiger partial charge is 0.401 e. The Morgan fingerprint density at radius 1 is 1.37 bits per heavy atom. The van der Waals surface area contributed by atoms with Crippen LogP contribution in [0.25, 0.3) is 0 Å². The van der Waals surface area contributed by atoms with Crippen LogP contribution in [-0.2, 0) is 11.2 Å². The third-order valence-corrected chi connectivity index (χ3v) is 2.67. The lowest BCUT2D eigenvalue weighted by Crippen LogP contribution is -2.56. The van der Waals surface area contributed by atoms with Gasteiger partial charge in [-0.3, -0.25) is 10.1 Å². The molecule has 19 heavy (non-hydrogen) atoms. The van der Waals surface area contributed by atoms with Crippen LogP contribution in [0.5, 0.6) is 0 Å². The highest BCUT2D eigenvalue weighted by Gasteiger charge is 2.36. The van der Waals surface area contributed by atoms with Gasteiger partial charge >= 0.3 is 6.18 Å². The molecule has 0 aromatic heterocycles. The summed E-state index contributed by atoms with van der Waals surface area (Å²) in [4.78, 5) is 11.3. The van der Waals surface area contributed by atoms with Gasteiger partial charge in [-0.1, -0.05) is 12.1 Å². The molecule has 1 atom stereocenters. The quantitative estimate of drug-likeness (QED) is 0.806. The van der Waals surface area contributed by atoms with Crippen LogP contribution < -0.4 is 11.1 Å². The van der Waals surface area contributed by atoms with Crippen LogP contribution in [-0.4, -0.2) is 24.2 Å². The lowest BCUT2D eigenvalue weighted by Gasteiger charge is -2.28. The summed E-state index contributed by atoms with van der Waals surface area (Å²) < 4.78 is 49.5. The summed E-state index contributed by atoms with van der Waals surface area (Å²) in [7, 11) is 0. The molecule has 0 bridgehead atoms. The molecule has 0 saturated carbocycles. The second-order valence-electron chi connectivity index (χ2n) is 4.47. The first-order valence-electron chi connectivity index (χ1n) is 5.48. The Morgan fingerprint density at radius 2 is 2.00 bits per heavy atom. The summed E-state index contributed by atoms with van der Waals surface area (Å²) in [6.45, 7) is -0.0895. The van der Waals surface area contributed by atoms with Crippen molar-refractivity contribution in [2.45, 2.75) is 25.1 Å². The molecule has 7 heteroatoms. The molecule has 0 radical (unpaired) electrons. The van der Waals surface area contributed by atoms with Gasteiger partial charge < -0.3 is 5.73 Å². The maximum absolute atomic E-state index is 13.0. The Bertz CT molecular complexity index is 461. The first-order valence-corrected chi connectivity index (χ1v) is 5.48. The smallest absolute Gasteiger partial charge is 0.368 e. The van der Waals surface area contributed by atoms with E-state index in [1.807, 2.05) is 0 Å². The van der Waals surface area contributed by atoms with Crippen LogP contribution >= 0.6 is 0 Å². The molecular formula is C12H14F4N2O. The van der Waals surface area contributed by atoms with E-state index in [9.17, 15) is 22.4 Å². The Hall–Kier alpha value is -1.63. The van der Waals surface area contributed by atoms with E-state index in [1.165, 1.54) is 25.1 Å². The zero-order valence-electron chi connectivity index (χ0n) is 10.2. The molecule has 1 unspecified atom stereocenters. The van der Waals surface area contributed by atoms with Crippen molar-refractivity contribution in [3.63, 3.8) is 0 Å². The minimum atomic E-state index is -4.46. The number of carbonyl (C=O) groups excluding carboxylic acids is 1. The van der Waals surface area contributed by atoms with Gasteiger partial charge in [-0.15, -0.1) is 0 Å². The standard InChI is InChI=1S/C12H14F4N2O/c1-11(10(17)19,18-7-12(14,15)16)6-8-3-2-4-9(13)5-8/h2-5,18H,6-7H2,1H3,(H2,17,19). The lowest BCUT2D eigenvalue weighted by atomic mass is 9.92. The monoisotopic (exact) mass is 278 g/mol. The zero-order chi connectivity index (χ0) is 14.7. The summed E-state index contributed by atoms with van der Waals surface area (Å²) in [5.41, 5.74) is 3.91. The van der Waals surface area contributed by atoms with E-state index in [0.717, 1.165) is 6.07 Å². The third kappa shape index (κ3) is 4.86. The van der Waals surface area contributed by atoms with E-state index in [-0.39, 0.29) is 6.42 Å². The highest BCUT2D eigenvalue weighted by molar-refractivity contribution is 5.84. The maximum atomic E-state index is 13.0. The number of primary amides is 1. The van der Waals surface area contributed by atoms with Gasteiger partial charge in [-0.25, -0.2) is 4.39 Å². The summed E-state index contributed by atoms with van der Waals surface area (Å²) >= 11 is 0. The van der Waals surface area contributed by atoms with E-state index in [4.69, 9.17) is 5.73 Å². The van der Waals surface area contributed by atoms with Crippen LogP contribution in [0.15, 0.2) is 24.3 Å². The number of hydrogen-bond acceptors (Lipinski definition) is 2. The Labute approximate surface area is 107 Å². The predicted octanol–water partition coefficient (Wildman–Crippen LogP) is 1.76. The van der Waals surface area contributed by atoms with Crippen LogP contribution in [0, 0.1) is 5.82 Å². The van der Waals surface area contributed by atoms with Gasteiger partial charge in [0.25, 0.3) is 0 Å². The Balaban J connectivity index is 2.85. The Kier molecular flexibility index (Phi) is 4.52. The van der Waals surface area contributed by atoms with Crippen LogP contribution in [0.4, 0.5) is 17.6 Å². The van der Waals surface area contributed by atoms with Crippen molar-refractivity contribution >= 4 is 5.91 Å². The van der Waals surface area contributed by atoms with E-state index in [0.29, 0.717) is 5.56 Å². The van der Waals surface area contributed by atoms with E-state index < -0.39 is 30.0 Å². The van der Waals surface area contributed by atoms with Gasteiger partial charge in [-0.2, -0.15) is 13.2 Å². The van der Waals surface area contributed by atoms with Crippen molar-refractivity contribution in [1.82, 2.24) is 5.32 Å². The molecule has 0 saturated heterocycles. The molecule has 1 aromatic carbocycles. The van der Waals surface area contributed by atoms with Gasteiger partial charge in [0.1, 0.15) is 5.82 Å². The van der Waals surface area contributed by atoms with Crippen LogP contribution in [0.2, 0.25) is 0 Å². The summed E-state index contributed by atoms with van der Waals surface area (Å²) in [6.07, 6.45) is -4.59. The SMILES string of the molecule is CC(Cc1cccc(F)c1)(NCC(F)(F)F)C(N)=O. The average Bonchev–Trinajstić information content (AvgIpc) is 2.25. The second-order valence-corrected chi connectivity index (χ2v) is 4.47. The predicted molar refractivity (Wildman–Crippen MR) is 61.8 cm³/mol. The molecule has 106 valence electrons. The second kappa shape index (κ2) is 5.56. The van der Waals surface area contributed by atoms with Crippen molar-refractivity contribution in [3.8, 4) is 0 Å². The first kappa shape index (κ1) is 15.4. The van der Waals surface area contributed by atoms with E-state index in [2.05, 4.69) is 5.32 Å². The molecule has 1 amide bonds. The summed E-state index contributed by atoms with van der Waals surface area (Å²) in [5.74, 6) is -1.46. The highest BCUT2D eigenvalue weighted by atomic mass is 19.4. The minimum absolute atomic E-state index is 0.129. The molecule has 0 aliphatic rings. The molecule has 0 aliphatic heterocycles. The number of alkyl halides is 3. The van der Waals surface area contributed by atoms with Crippen molar-refractivity contribution in [1.29, 1.82) is 0 Å². The number of nitrogens with one attached hydrogen (secondary N) is 1. The fraction of sp³-hybridized carbons (Fsp3) is 0.417. The fourth-order valence-corrected chi connectivity index (χ4v) is 1.59. The minimum Gasteiger partial charge on any atom is -0.368 e. The van der Waals surface area contributed by atoms with Gasteiger partial charge in [-0.05, 0) is 31.0 Å². The summed E-state index contributed by atoms with van der Waals surface area (Å²) in [5, 5.41) is 2.08. The fourth-order valence-electron chi connectivity index (χ4n) is 1.59. The molecule has 1 rings (SSSR count). The number of halogens is 4. The molecule has 1 aromatic rings. The lowest BCUT2D eigenvalue weighted by molar-refractivity contribution is -0.135. The highest BCUT2D eigenvalue weighted by Crippen LogP contribution is 2.18. The zero-order valence-corrected chi connectivity index (χ0v) is 10.2. The van der Waals surface area contributed by atoms with Gasteiger partial charge in [0.15, 0.2) is 0 Å². The number of rotatable bonds is 5. The topological polar surface area (TPSA) is 55.1 Å². The van der Waals surface area contributed by atoms with Gasteiger partial charge in [0.05, 0.1) is 12.1 Å². The van der Waals surface area contributed by atoms with Gasteiger partial charge in [0.2, 0.25) is 5.91 Å². The van der Waals surface area contributed by atoms with Crippen molar-refractivity contribution in [2.75, 3.05) is 6.54 Å². The number of carbonyl (C=O) groups is 1. The third-order valence-electron chi connectivity index (χ3n) is 2.67. The number of amides is 1. The maximum Gasteiger partial charge on any atom is 0.401 e. The molecule has 0 heterocycles. The van der Waals surface area contributed by atoms with Crippen molar-refractivity contribution < 1.29 is 22.4 Å². The molecule has 0 fully saturated rings. The summed E-state index contributed by atoms with van der Waals surface area (Å²) in [6, 6.07) is 5.28. The Morgan fingerprint density at radius 3 is 2.47 bits per heavy atom. The number of hydrogen-bond donors (Lipinski definition) is 2. The average molecular weight is 278 g/mol. The normalized spacial score (nSPS) is 15.0. The molecule has 3 N–H and O–H groups in total. The van der Waals surface area contributed by atoms with E-state index in [1.54, 1.807) is 0 Å². The van der Waals surface area contributed by atoms with Crippen LogP contribution in [0.1, 0.15) is 12.5 Å². The van der Waals surface area contributed by atoms with Crippen molar-refractivity contribution in [2.24, 2.45) is 5.73 Å². The molecule has 0 aliphatic carbocycles. The molecular weight excluding hydrogens is 264 g/mol. The number of benzene rings is 1.